The molecule has 0 aliphatic rings. The van der Waals surface area contributed by atoms with Crippen LogP contribution in [0.1, 0.15) is 30.1 Å². The fourth-order valence-electron chi connectivity index (χ4n) is 1.86. The first-order valence-electron chi connectivity index (χ1n) is 6.58. The Balaban J connectivity index is 1.95. The molecule has 1 atom stereocenters. The molecule has 0 fully saturated rings. The van der Waals surface area contributed by atoms with Crippen molar-refractivity contribution >= 4 is 11.9 Å². The van der Waals surface area contributed by atoms with E-state index < -0.39 is 5.97 Å². The fourth-order valence-corrected chi connectivity index (χ4v) is 1.86. The van der Waals surface area contributed by atoms with Gasteiger partial charge in [-0.3, -0.25) is 9.59 Å². The van der Waals surface area contributed by atoms with E-state index >= 15 is 0 Å². The fraction of sp³-hybridized carbons (Fsp3) is 0.267. The van der Waals surface area contributed by atoms with Gasteiger partial charge in [0.15, 0.2) is 12.2 Å². The third-order valence-electron chi connectivity index (χ3n) is 3.03. The molecule has 0 saturated heterocycles. The summed E-state index contributed by atoms with van der Waals surface area (Å²) >= 11 is 0. The van der Waals surface area contributed by atoms with Crippen LogP contribution in [0.25, 0.3) is 11.3 Å². The summed E-state index contributed by atoms with van der Waals surface area (Å²) in [4.78, 5) is 26.3. The molecular formula is C15H16N2O4. The zero-order valence-electron chi connectivity index (χ0n) is 11.6. The Kier molecular flexibility index (Phi) is 4.71. The van der Waals surface area contributed by atoms with E-state index in [2.05, 4.69) is 10.3 Å². The lowest BCUT2D eigenvalue weighted by atomic mass is 10.1. The summed E-state index contributed by atoms with van der Waals surface area (Å²) in [7, 11) is 0. The van der Waals surface area contributed by atoms with Gasteiger partial charge in [0.25, 0.3) is 5.91 Å². The number of benzene rings is 1. The van der Waals surface area contributed by atoms with E-state index in [0.29, 0.717) is 17.7 Å². The predicted octanol–water partition coefficient (Wildman–Crippen LogP) is 2.32. The van der Waals surface area contributed by atoms with Crippen LogP contribution in [0.5, 0.6) is 0 Å². The predicted molar refractivity (Wildman–Crippen MR) is 75.7 cm³/mol. The number of carbonyl (C=O) groups is 2. The highest BCUT2D eigenvalue weighted by Crippen LogP contribution is 2.18. The number of hydrogen-bond acceptors (Lipinski definition) is 4. The van der Waals surface area contributed by atoms with Crippen LogP contribution < -0.4 is 5.32 Å². The molecular weight excluding hydrogens is 272 g/mol. The maximum absolute atomic E-state index is 12.0. The Morgan fingerprint density at radius 2 is 2.05 bits per heavy atom. The Bertz CT molecular complexity index is 605. The van der Waals surface area contributed by atoms with Gasteiger partial charge >= 0.3 is 5.97 Å². The van der Waals surface area contributed by atoms with Gasteiger partial charge in [0.1, 0.15) is 0 Å². The average molecular weight is 288 g/mol. The van der Waals surface area contributed by atoms with E-state index in [1.807, 2.05) is 0 Å². The highest BCUT2D eigenvalue weighted by atomic mass is 16.4. The lowest BCUT2D eigenvalue weighted by Crippen LogP contribution is -2.32. The molecule has 2 rings (SSSR count). The topological polar surface area (TPSA) is 92.4 Å². The number of carbonyl (C=O) groups excluding carboxylic acids is 1. The Hall–Kier alpha value is -2.63. The van der Waals surface area contributed by atoms with E-state index in [1.165, 1.54) is 6.39 Å². The molecule has 6 nitrogen and oxygen atoms in total. The quantitative estimate of drug-likeness (QED) is 0.851. The molecule has 0 bridgehead atoms. The van der Waals surface area contributed by atoms with Crippen molar-refractivity contribution < 1.29 is 19.1 Å². The van der Waals surface area contributed by atoms with Crippen LogP contribution in [0.4, 0.5) is 0 Å². The first-order valence-corrected chi connectivity index (χ1v) is 6.58. The maximum atomic E-state index is 12.0. The number of nitrogens with one attached hydrogen (secondary N) is 1. The van der Waals surface area contributed by atoms with Crippen molar-refractivity contribution in [3.8, 4) is 11.3 Å². The number of oxazole rings is 1. The van der Waals surface area contributed by atoms with Crippen molar-refractivity contribution in [3.63, 3.8) is 0 Å². The number of aliphatic carboxylic acids is 1. The lowest BCUT2D eigenvalue weighted by molar-refractivity contribution is -0.137. The van der Waals surface area contributed by atoms with Gasteiger partial charge in [-0.15, -0.1) is 0 Å². The van der Waals surface area contributed by atoms with E-state index in [-0.39, 0.29) is 18.4 Å². The molecule has 1 heterocycles. The summed E-state index contributed by atoms with van der Waals surface area (Å²) in [5.74, 6) is -0.457. The van der Waals surface area contributed by atoms with E-state index in [9.17, 15) is 9.59 Å². The molecule has 1 aromatic heterocycles. The van der Waals surface area contributed by atoms with Gasteiger partial charge in [0.2, 0.25) is 0 Å². The average Bonchev–Trinajstić information content (AvgIpc) is 2.99. The molecule has 110 valence electrons. The summed E-state index contributed by atoms with van der Waals surface area (Å²) in [6.07, 6.45) is 3.38. The highest BCUT2D eigenvalue weighted by molar-refractivity contribution is 5.94. The summed E-state index contributed by atoms with van der Waals surface area (Å²) in [5.41, 5.74) is 1.35. The normalized spacial score (nSPS) is 11.9. The van der Waals surface area contributed by atoms with Crippen molar-refractivity contribution in [2.45, 2.75) is 25.8 Å². The van der Waals surface area contributed by atoms with Crippen LogP contribution in [0.2, 0.25) is 0 Å². The number of carboxylic acids is 1. The summed E-state index contributed by atoms with van der Waals surface area (Å²) in [6.45, 7) is 1.78. The van der Waals surface area contributed by atoms with E-state index in [4.69, 9.17) is 9.52 Å². The number of rotatable bonds is 6. The highest BCUT2D eigenvalue weighted by Gasteiger charge is 2.11. The SMILES string of the molecule is CC(CCC(=O)O)NC(=O)c1ccc(-c2cnco2)cc1. The molecule has 2 aromatic rings. The number of nitrogens with zero attached hydrogens (tertiary/aromatic N) is 1. The zero-order valence-corrected chi connectivity index (χ0v) is 11.6. The van der Waals surface area contributed by atoms with E-state index in [1.54, 1.807) is 37.4 Å². The van der Waals surface area contributed by atoms with Crippen LogP contribution in [-0.2, 0) is 4.79 Å². The maximum Gasteiger partial charge on any atom is 0.303 e. The van der Waals surface area contributed by atoms with Crippen LogP contribution in [0, 0.1) is 0 Å². The molecule has 1 amide bonds. The molecule has 2 N–H and O–H groups in total. The third-order valence-corrected chi connectivity index (χ3v) is 3.03. The molecule has 6 heteroatoms. The molecule has 0 aliphatic heterocycles. The van der Waals surface area contributed by atoms with Gasteiger partial charge in [-0.1, -0.05) is 12.1 Å². The van der Waals surface area contributed by atoms with E-state index in [0.717, 1.165) is 5.56 Å². The second-order valence-corrected chi connectivity index (χ2v) is 4.75. The van der Waals surface area contributed by atoms with Gasteiger partial charge < -0.3 is 14.8 Å². The summed E-state index contributed by atoms with van der Waals surface area (Å²) in [5, 5.41) is 11.4. The van der Waals surface area contributed by atoms with Crippen molar-refractivity contribution in [2.75, 3.05) is 0 Å². The van der Waals surface area contributed by atoms with Crippen LogP contribution in [0.15, 0.2) is 41.3 Å². The molecule has 21 heavy (non-hydrogen) atoms. The smallest absolute Gasteiger partial charge is 0.303 e. The van der Waals surface area contributed by atoms with Crippen molar-refractivity contribution in [1.82, 2.24) is 10.3 Å². The minimum atomic E-state index is -0.868. The first-order chi connectivity index (χ1) is 10.1. The monoisotopic (exact) mass is 288 g/mol. The molecule has 0 spiro atoms. The largest absolute Gasteiger partial charge is 0.481 e. The Morgan fingerprint density at radius 3 is 2.62 bits per heavy atom. The third kappa shape index (κ3) is 4.17. The first kappa shape index (κ1) is 14.8. The molecule has 1 aromatic carbocycles. The summed E-state index contributed by atoms with van der Waals surface area (Å²) in [6, 6.07) is 6.74. The van der Waals surface area contributed by atoms with Gasteiger partial charge in [-0.05, 0) is 25.5 Å². The number of hydrogen-bond donors (Lipinski definition) is 2. The Labute approximate surface area is 121 Å². The molecule has 0 radical (unpaired) electrons. The number of carboxylic acid groups (broad SMARTS) is 1. The van der Waals surface area contributed by atoms with Crippen LogP contribution in [-0.4, -0.2) is 28.0 Å². The molecule has 0 aliphatic carbocycles. The van der Waals surface area contributed by atoms with Crippen LogP contribution in [0.3, 0.4) is 0 Å². The number of amides is 1. The van der Waals surface area contributed by atoms with Crippen LogP contribution >= 0.6 is 0 Å². The minimum absolute atomic E-state index is 0.0336. The van der Waals surface area contributed by atoms with Crippen molar-refractivity contribution in [1.29, 1.82) is 0 Å². The molecule has 0 saturated carbocycles. The molecule has 1 unspecified atom stereocenters. The minimum Gasteiger partial charge on any atom is -0.481 e. The van der Waals surface area contributed by atoms with Gasteiger partial charge in [-0.2, -0.15) is 0 Å². The van der Waals surface area contributed by atoms with Crippen molar-refractivity contribution in [2.24, 2.45) is 0 Å². The van der Waals surface area contributed by atoms with Crippen molar-refractivity contribution in [3.05, 3.63) is 42.4 Å². The Morgan fingerprint density at radius 1 is 1.33 bits per heavy atom. The zero-order chi connectivity index (χ0) is 15.2. The van der Waals surface area contributed by atoms with Gasteiger partial charge in [-0.25, -0.2) is 4.98 Å². The van der Waals surface area contributed by atoms with Gasteiger partial charge in [0.05, 0.1) is 6.20 Å². The number of aromatic nitrogens is 1. The standard InChI is InChI=1S/C15H16N2O4/c1-10(2-7-14(18)19)17-15(20)12-5-3-11(4-6-12)13-8-16-9-21-13/h3-6,8-10H,2,7H2,1H3,(H,17,20)(H,18,19). The lowest BCUT2D eigenvalue weighted by Gasteiger charge is -2.12. The summed E-state index contributed by atoms with van der Waals surface area (Å²) < 4.78 is 5.17. The van der Waals surface area contributed by atoms with Gasteiger partial charge in [0, 0.05) is 23.6 Å². The second kappa shape index (κ2) is 6.69. The second-order valence-electron chi connectivity index (χ2n) is 4.75.